The van der Waals surface area contributed by atoms with Gasteiger partial charge in [-0.2, -0.15) is 0 Å². The molecular formula is C38H45N3O2S. The number of amides is 2. The molecule has 0 bridgehead atoms. The quantitative estimate of drug-likeness (QED) is 0.176. The molecule has 4 aromatic rings. The second kappa shape index (κ2) is 14.5. The molecule has 5 nitrogen and oxygen atoms in total. The lowest BCUT2D eigenvalue weighted by molar-refractivity contribution is -0.128. The van der Waals surface area contributed by atoms with E-state index < -0.39 is 5.54 Å². The zero-order valence-electron chi connectivity index (χ0n) is 25.7. The standard InChI is InChI=1S/C38H45N3O2S/c42-36(35-28-32-16-7-8-18-34(32)44-35)40-38(21-9-10-22-38)37(43)39-33(27-30-14-5-2-6-15-30)17-11-23-41-24-19-31(20-25-41)26-29-12-3-1-4-13-29/h1-8,12-16,18,28,31,33H,9-11,17,19-27H2,(H,39,43)(H,40,42)/t33-/m0/s1. The van der Waals surface area contributed by atoms with Gasteiger partial charge >= 0.3 is 0 Å². The number of nitrogens with zero attached hydrogens (tertiary/aromatic N) is 1. The highest BCUT2D eigenvalue weighted by atomic mass is 32.1. The van der Waals surface area contributed by atoms with E-state index in [0.29, 0.717) is 17.7 Å². The summed E-state index contributed by atoms with van der Waals surface area (Å²) in [6, 6.07) is 31.4. The van der Waals surface area contributed by atoms with Gasteiger partial charge in [0, 0.05) is 10.7 Å². The SMILES string of the molecule is O=C(NC1(C(=O)N[C@@H](CCCN2CCC(Cc3ccccc3)CC2)Cc2ccccc2)CCCC1)c1cc2ccccc2s1. The third-order valence-corrected chi connectivity index (χ3v) is 10.8. The summed E-state index contributed by atoms with van der Waals surface area (Å²) in [7, 11) is 0. The summed E-state index contributed by atoms with van der Waals surface area (Å²) < 4.78 is 1.09. The van der Waals surface area contributed by atoms with Crippen molar-refractivity contribution in [3.8, 4) is 0 Å². The van der Waals surface area contributed by atoms with Gasteiger partial charge in [0.05, 0.1) is 4.88 Å². The van der Waals surface area contributed by atoms with E-state index in [-0.39, 0.29) is 17.9 Å². The number of carbonyl (C=O) groups is 2. The minimum absolute atomic E-state index is 0.0212. The van der Waals surface area contributed by atoms with E-state index in [1.165, 1.54) is 41.7 Å². The number of rotatable bonds is 12. The van der Waals surface area contributed by atoms with Gasteiger partial charge in [-0.25, -0.2) is 0 Å². The Kier molecular flexibility index (Phi) is 10.1. The zero-order chi connectivity index (χ0) is 30.2. The van der Waals surface area contributed by atoms with Crippen LogP contribution in [0.4, 0.5) is 0 Å². The molecule has 1 saturated carbocycles. The minimum atomic E-state index is -0.844. The number of likely N-dealkylation sites (tertiary alicyclic amines) is 1. The molecule has 1 aliphatic carbocycles. The molecule has 2 heterocycles. The van der Waals surface area contributed by atoms with E-state index in [4.69, 9.17) is 0 Å². The second-order valence-electron chi connectivity index (χ2n) is 12.9. The Morgan fingerprint density at radius 2 is 1.52 bits per heavy atom. The molecule has 3 aromatic carbocycles. The van der Waals surface area contributed by atoms with Crippen LogP contribution in [0.3, 0.4) is 0 Å². The third-order valence-electron chi connectivity index (χ3n) is 9.66. The number of hydrogen-bond donors (Lipinski definition) is 2. The molecule has 0 unspecified atom stereocenters. The summed E-state index contributed by atoms with van der Waals surface area (Å²) >= 11 is 1.49. The second-order valence-corrected chi connectivity index (χ2v) is 14.0. The van der Waals surface area contributed by atoms with E-state index in [2.05, 4.69) is 70.1 Å². The Hall–Kier alpha value is -3.48. The maximum atomic E-state index is 14.0. The smallest absolute Gasteiger partial charge is 0.262 e. The Morgan fingerprint density at radius 1 is 0.864 bits per heavy atom. The number of carbonyl (C=O) groups excluding carboxylic acids is 2. The fraction of sp³-hybridized carbons (Fsp3) is 0.421. The number of thiophene rings is 1. The lowest BCUT2D eigenvalue weighted by Gasteiger charge is -2.33. The van der Waals surface area contributed by atoms with Crippen molar-refractivity contribution >= 4 is 33.2 Å². The van der Waals surface area contributed by atoms with Crippen LogP contribution >= 0.6 is 11.3 Å². The molecule has 2 amide bonds. The van der Waals surface area contributed by atoms with E-state index >= 15 is 0 Å². The summed E-state index contributed by atoms with van der Waals surface area (Å²) in [5.41, 5.74) is 1.84. The summed E-state index contributed by atoms with van der Waals surface area (Å²) in [5.74, 6) is 0.606. The number of hydrogen-bond acceptors (Lipinski definition) is 4. The van der Waals surface area contributed by atoms with Gasteiger partial charge in [-0.15, -0.1) is 11.3 Å². The van der Waals surface area contributed by atoms with Gasteiger partial charge in [-0.05, 0) is 106 Å². The van der Waals surface area contributed by atoms with E-state index in [9.17, 15) is 9.59 Å². The van der Waals surface area contributed by atoms with Crippen molar-refractivity contribution in [3.63, 3.8) is 0 Å². The number of nitrogens with one attached hydrogen (secondary N) is 2. The number of benzene rings is 3. The van der Waals surface area contributed by atoms with Gasteiger partial charge in [-0.1, -0.05) is 91.7 Å². The molecular weight excluding hydrogens is 563 g/mol. The van der Waals surface area contributed by atoms with Crippen molar-refractivity contribution in [2.45, 2.75) is 75.8 Å². The first-order chi connectivity index (χ1) is 21.6. The molecule has 1 aromatic heterocycles. The van der Waals surface area contributed by atoms with Crippen molar-refractivity contribution in [2.75, 3.05) is 19.6 Å². The first-order valence-corrected chi connectivity index (χ1v) is 17.3. The fourth-order valence-corrected chi connectivity index (χ4v) is 8.09. The first kappa shape index (κ1) is 30.5. The van der Waals surface area contributed by atoms with Crippen molar-refractivity contribution in [1.82, 2.24) is 15.5 Å². The molecule has 1 saturated heterocycles. The Labute approximate surface area is 266 Å². The van der Waals surface area contributed by atoms with Crippen molar-refractivity contribution in [3.05, 3.63) is 107 Å². The molecule has 0 spiro atoms. The largest absolute Gasteiger partial charge is 0.351 e. The average Bonchev–Trinajstić information content (AvgIpc) is 3.71. The highest BCUT2D eigenvalue weighted by molar-refractivity contribution is 7.20. The summed E-state index contributed by atoms with van der Waals surface area (Å²) in [6.45, 7) is 3.37. The summed E-state index contributed by atoms with van der Waals surface area (Å²) in [4.78, 5) is 30.7. The van der Waals surface area contributed by atoms with Crippen molar-refractivity contribution in [1.29, 1.82) is 0 Å². The predicted octanol–water partition coefficient (Wildman–Crippen LogP) is 7.41. The van der Waals surface area contributed by atoms with E-state index in [1.54, 1.807) is 0 Å². The zero-order valence-corrected chi connectivity index (χ0v) is 26.5. The van der Waals surface area contributed by atoms with Crippen LogP contribution in [0.2, 0.25) is 0 Å². The van der Waals surface area contributed by atoms with Crippen molar-refractivity contribution < 1.29 is 9.59 Å². The van der Waals surface area contributed by atoms with Crippen LogP contribution in [0.5, 0.6) is 0 Å². The Bertz CT molecular complexity index is 1470. The highest BCUT2D eigenvalue weighted by Crippen LogP contribution is 2.32. The van der Waals surface area contributed by atoms with Crippen LogP contribution in [0.15, 0.2) is 91.0 Å². The lowest BCUT2D eigenvalue weighted by Crippen LogP contribution is -2.59. The van der Waals surface area contributed by atoms with Crippen LogP contribution in [-0.2, 0) is 17.6 Å². The van der Waals surface area contributed by atoms with E-state index in [0.717, 1.165) is 67.7 Å². The topological polar surface area (TPSA) is 61.4 Å². The molecule has 6 heteroatoms. The molecule has 230 valence electrons. The molecule has 6 rings (SSSR count). The monoisotopic (exact) mass is 607 g/mol. The maximum absolute atomic E-state index is 14.0. The van der Waals surface area contributed by atoms with Gasteiger partial charge in [0.15, 0.2) is 0 Å². The Balaban J connectivity index is 1.06. The number of fused-ring (bicyclic) bond motifs is 1. The van der Waals surface area contributed by atoms with Crippen LogP contribution in [-0.4, -0.2) is 47.9 Å². The van der Waals surface area contributed by atoms with Gasteiger partial charge in [0.25, 0.3) is 5.91 Å². The van der Waals surface area contributed by atoms with Crippen LogP contribution in [0.1, 0.15) is 72.2 Å². The van der Waals surface area contributed by atoms with Crippen LogP contribution < -0.4 is 10.6 Å². The first-order valence-electron chi connectivity index (χ1n) is 16.5. The summed E-state index contributed by atoms with van der Waals surface area (Å²) in [6.07, 6.45) is 9.72. The van der Waals surface area contributed by atoms with Crippen molar-refractivity contribution in [2.24, 2.45) is 5.92 Å². The molecule has 2 fully saturated rings. The van der Waals surface area contributed by atoms with Crippen LogP contribution in [0.25, 0.3) is 10.1 Å². The Morgan fingerprint density at radius 3 is 2.23 bits per heavy atom. The molecule has 1 aliphatic heterocycles. The average molecular weight is 608 g/mol. The van der Waals surface area contributed by atoms with Crippen LogP contribution in [0, 0.1) is 5.92 Å². The van der Waals surface area contributed by atoms with Gasteiger partial charge in [0.1, 0.15) is 5.54 Å². The highest BCUT2D eigenvalue weighted by Gasteiger charge is 2.43. The predicted molar refractivity (Wildman–Crippen MR) is 181 cm³/mol. The molecule has 2 N–H and O–H groups in total. The van der Waals surface area contributed by atoms with E-state index in [1.807, 2.05) is 36.4 Å². The fourth-order valence-electron chi connectivity index (χ4n) is 7.13. The van der Waals surface area contributed by atoms with Gasteiger partial charge in [-0.3, -0.25) is 9.59 Å². The van der Waals surface area contributed by atoms with Gasteiger partial charge < -0.3 is 15.5 Å². The molecule has 2 aliphatic rings. The minimum Gasteiger partial charge on any atom is -0.351 e. The molecule has 44 heavy (non-hydrogen) atoms. The maximum Gasteiger partial charge on any atom is 0.262 e. The molecule has 1 atom stereocenters. The third kappa shape index (κ3) is 7.77. The normalized spacial score (nSPS) is 17.8. The molecule has 0 radical (unpaired) electrons. The number of piperidine rings is 1. The van der Waals surface area contributed by atoms with Gasteiger partial charge in [0.2, 0.25) is 5.91 Å². The summed E-state index contributed by atoms with van der Waals surface area (Å²) in [5, 5.41) is 7.72. The lowest BCUT2D eigenvalue weighted by atomic mass is 9.90.